The molecule has 0 aliphatic carbocycles. The number of hydrogen-bond donors (Lipinski definition) is 3. The number of benzene rings is 3. The maximum Gasteiger partial charge on any atom is 0.267 e. The van der Waals surface area contributed by atoms with E-state index in [0.29, 0.717) is 28.4 Å². The number of methoxy groups -OCH3 is 1. The monoisotopic (exact) mass is 562 g/mol. The van der Waals surface area contributed by atoms with Crippen LogP contribution < -0.4 is 26.5 Å². The Morgan fingerprint density at radius 3 is 2.58 bits per heavy atom. The molecule has 13 heteroatoms. The van der Waals surface area contributed by atoms with Gasteiger partial charge in [0.2, 0.25) is 17.7 Å². The van der Waals surface area contributed by atoms with Crippen LogP contribution in [0.5, 0.6) is 5.88 Å². The van der Waals surface area contributed by atoms with Crippen LogP contribution in [0.2, 0.25) is 0 Å². The molecule has 0 bridgehead atoms. The Morgan fingerprint density at radius 1 is 1.05 bits per heavy atom. The molecule has 1 amide bonds. The lowest BCUT2D eigenvalue weighted by Crippen LogP contribution is -2.23. The third kappa shape index (κ3) is 4.97. The second-order valence-electron chi connectivity index (χ2n) is 8.48. The largest absolute Gasteiger partial charge is 0.480 e. The number of fused-ring (bicyclic) bond motifs is 1. The Labute approximate surface area is 227 Å². The Bertz CT molecular complexity index is 1900. The highest BCUT2D eigenvalue weighted by Crippen LogP contribution is 2.31. The third-order valence-corrected chi connectivity index (χ3v) is 7.09. The van der Waals surface area contributed by atoms with Gasteiger partial charge in [-0.05, 0) is 54.1 Å². The zero-order chi connectivity index (χ0) is 28.6. The molecule has 3 aromatic carbocycles. The zero-order valence-electron chi connectivity index (χ0n) is 20.7. The van der Waals surface area contributed by atoms with Gasteiger partial charge in [0, 0.05) is 23.4 Å². The van der Waals surface area contributed by atoms with E-state index in [9.17, 15) is 22.6 Å². The second kappa shape index (κ2) is 10.5. The molecule has 5 aromatic rings. The van der Waals surface area contributed by atoms with Gasteiger partial charge in [-0.1, -0.05) is 12.1 Å². The molecule has 1 unspecified atom stereocenters. The molecular weight excluding hydrogens is 542 g/mol. The van der Waals surface area contributed by atoms with Crippen LogP contribution in [0.25, 0.3) is 27.7 Å². The molecule has 10 nitrogen and oxygen atoms in total. The van der Waals surface area contributed by atoms with Gasteiger partial charge in [-0.2, -0.15) is 0 Å². The number of hydrogen-bond acceptors (Lipinski definition) is 7. The van der Waals surface area contributed by atoms with E-state index in [4.69, 9.17) is 16.2 Å². The molecule has 5 rings (SSSR count). The van der Waals surface area contributed by atoms with Crippen LogP contribution in [0.15, 0.2) is 82.6 Å². The first-order valence-corrected chi connectivity index (χ1v) is 12.7. The van der Waals surface area contributed by atoms with E-state index in [0.717, 1.165) is 16.7 Å². The quantitative estimate of drug-likeness (QED) is 0.274. The van der Waals surface area contributed by atoms with Gasteiger partial charge in [-0.3, -0.25) is 14.3 Å². The molecule has 0 saturated carbocycles. The molecule has 0 aliphatic rings. The van der Waals surface area contributed by atoms with Crippen LogP contribution in [-0.2, 0) is 11.0 Å². The molecule has 0 aliphatic heterocycles. The van der Waals surface area contributed by atoms with Gasteiger partial charge < -0.3 is 16.2 Å². The summed E-state index contributed by atoms with van der Waals surface area (Å²) in [7, 11) is -0.753. The van der Waals surface area contributed by atoms with Crippen molar-refractivity contribution in [2.24, 2.45) is 5.73 Å². The molecule has 1 atom stereocenters. The van der Waals surface area contributed by atoms with Crippen LogP contribution in [0.1, 0.15) is 10.4 Å². The minimum Gasteiger partial charge on any atom is -0.480 e. The van der Waals surface area contributed by atoms with Crippen molar-refractivity contribution in [3.8, 4) is 22.7 Å². The Hall–Kier alpha value is -5.17. The maximum absolute atomic E-state index is 14.2. The highest BCUT2D eigenvalue weighted by molar-refractivity contribution is 7.86. The Morgan fingerprint density at radius 2 is 1.85 bits per heavy atom. The molecular formula is C27H20F2N6O4S. The van der Waals surface area contributed by atoms with Gasteiger partial charge in [0.1, 0.15) is 17.3 Å². The first-order chi connectivity index (χ1) is 19.2. The number of nitrogen functional groups attached to an aromatic ring is 1. The summed E-state index contributed by atoms with van der Waals surface area (Å²) in [4.78, 5) is 33.4. The smallest absolute Gasteiger partial charge is 0.267 e. The number of primary amides is 1. The number of rotatable bonds is 7. The highest BCUT2D eigenvalue weighted by atomic mass is 32.2. The summed E-state index contributed by atoms with van der Waals surface area (Å²) in [6.45, 7) is 0. The van der Waals surface area contributed by atoms with E-state index in [1.165, 1.54) is 25.4 Å². The summed E-state index contributed by atoms with van der Waals surface area (Å²) in [6.07, 6.45) is 1.48. The zero-order valence-corrected chi connectivity index (χ0v) is 21.5. The van der Waals surface area contributed by atoms with Crippen molar-refractivity contribution in [3.05, 3.63) is 100 Å². The molecule has 5 N–H and O–H groups in total. The number of pyridine rings is 1. The first-order valence-electron chi connectivity index (χ1n) is 11.6. The predicted octanol–water partition coefficient (Wildman–Crippen LogP) is 3.55. The van der Waals surface area contributed by atoms with E-state index >= 15 is 0 Å². The normalized spacial score (nSPS) is 11.8. The van der Waals surface area contributed by atoms with Crippen molar-refractivity contribution in [2.45, 2.75) is 4.90 Å². The SMILES string of the molecule is COc1ncc(-c2ccc3nc(N)n(-c4cccc(C(N)=O)c4)c(=O)c3c2)cc1NS(=O)c1ccc(F)cc1F. The van der Waals surface area contributed by atoms with Gasteiger partial charge in [-0.15, -0.1) is 0 Å². The third-order valence-electron chi connectivity index (χ3n) is 5.96. The number of aromatic nitrogens is 3. The Kier molecular flexibility index (Phi) is 6.96. The van der Waals surface area contributed by atoms with Gasteiger partial charge in [0.25, 0.3) is 5.56 Å². The molecule has 0 radical (unpaired) electrons. The fourth-order valence-corrected chi connectivity index (χ4v) is 4.94. The van der Waals surface area contributed by atoms with Crippen molar-refractivity contribution in [3.63, 3.8) is 0 Å². The van der Waals surface area contributed by atoms with Crippen molar-refractivity contribution in [1.82, 2.24) is 14.5 Å². The van der Waals surface area contributed by atoms with E-state index in [1.807, 2.05) is 0 Å². The fourth-order valence-electron chi connectivity index (χ4n) is 4.06. The maximum atomic E-state index is 14.2. The van der Waals surface area contributed by atoms with Crippen molar-refractivity contribution < 1.29 is 22.5 Å². The number of amides is 1. The average molecular weight is 563 g/mol. The van der Waals surface area contributed by atoms with Crippen LogP contribution in [-0.4, -0.2) is 31.8 Å². The summed E-state index contributed by atoms with van der Waals surface area (Å²) in [5.41, 5.74) is 13.0. The number of anilines is 2. The van der Waals surface area contributed by atoms with Crippen molar-refractivity contribution in [2.75, 3.05) is 17.6 Å². The number of nitrogens with one attached hydrogen (secondary N) is 1. The first kappa shape index (κ1) is 26.4. The topological polar surface area (TPSA) is 155 Å². The van der Waals surface area contributed by atoms with Crippen LogP contribution in [0.3, 0.4) is 0 Å². The summed E-state index contributed by atoms with van der Waals surface area (Å²) in [6, 6.07) is 15.3. The van der Waals surface area contributed by atoms with Crippen LogP contribution in [0, 0.1) is 11.6 Å². The number of ether oxygens (including phenoxy) is 1. The molecule has 202 valence electrons. The van der Waals surface area contributed by atoms with Crippen LogP contribution >= 0.6 is 0 Å². The summed E-state index contributed by atoms with van der Waals surface area (Å²) < 4.78 is 49.3. The van der Waals surface area contributed by atoms with E-state index in [1.54, 1.807) is 36.4 Å². The standard InChI is InChI=1S/C27H20F2N6O4S/c1-39-25-22(34-40(38)23-8-6-17(28)12-20(23)29)11-16(13-32-25)14-5-7-21-19(10-14)26(37)35(27(31)33-21)18-4-2-3-15(9-18)24(30)36/h2-13,34H,1H3,(H2,30,36)(H2,31,33). The number of carbonyl (C=O) groups excluding carboxylic acids is 1. The lowest BCUT2D eigenvalue weighted by atomic mass is 10.0. The van der Waals surface area contributed by atoms with Crippen molar-refractivity contribution in [1.29, 1.82) is 0 Å². The number of nitrogens with zero attached hydrogens (tertiary/aromatic N) is 3. The number of carbonyl (C=O) groups is 1. The fraction of sp³-hybridized carbons (Fsp3) is 0.0370. The number of nitrogens with two attached hydrogens (primary N) is 2. The molecule has 2 heterocycles. The number of halogens is 2. The molecule has 2 aromatic heterocycles. The minimum atomic E-state index is -2.11. The molecule has 0 saturated heterocycles. The van der Waals surface area contributed by atoms with Crippen molar-refractivity contribution >= 4 is 39.4 Å². The van der Waals surface area contributed by atoms with Gasteiger partial charge in [0.15, 0.2) is 11.0 Å². The minimum absolute atomic E-state index is 0.0755. The average Bonchev–Trinajstić information content (AvgIpc) is 2.93. The second-order valence-corrected chi connectivity index (χ2v) is 9.66. The summed E-state index contributed by atoms with van der Waals surface area (Å²) in [5, 5.41) is 0.221. The van der Waals surface area contributed by atoms with E-state index < -0.39 is 34.1 Å². The Balaban J connectivity index is 1.57. The van der Waals surface area contributed by atoms with E-state index in [-0.39, 0.29) is 33.4 Å². The molecule has 40 heavy (non-hydrogen) atoms. The lowest BCUT2D eigenvalue weighted by Gasteiger charge is -2.13. The summed E-state index contributed by atoms with van der Waals surface area (Å²) in [5.74, 6) is -2.45. The van der Waals surface area contributed by atoms with Gasteiger partial charge in [-0.25, -0.2) is 27.5 Å². The predicted molar refractivity (Wildman–Crippen MR) is 146 cm³/mol. The van der Waals surface area contributed by atoms with Crippen LogP contribution in [0.4, 0.5) is 20.4 Å². The summed E-state index contributed by atoms with van der Waals surface area (Å²) >= 11 is 0. The lowest BCUT2D eigenvalue weighted by molar-refractivity contribution is 0.1000. The van der Waals surface area contributed by atoms with E-state index in [2.05, 4.69) is 14.7 Å². The highest BCUT2D eigenvalue weighted by Gasteiger charge is 2.17. The molecule has 0 fully saturated rings. The molecule has 0 spiro atoms. The van der Waals surface area contributed by atoms with Gasteiger partial charge >= 0.3 is 0 Å². The van der Waals surface area contributed by atoms with Gasteiger partial charge in [0.05, 0.1) is 28.6 Å².